The summed E-state index contributed by atoms with van der Waals surface area (Å²) in [6.45, 7) is 0.500. The number of hydrogen-bond acceptors (Lipinski definition) is 4. The molecule has 6 heteroatoms. The number of nitrogens with zero attached hydrogens (tertiary/aromatic N) is 1. The minimum absolute atomic E-state index is 0.147. The van der Waals surface area contributed by atoms with Crippen molar-refractivity contribution < 1.29 is 4.79 Å². The van der Waals surface area contributed by atoms with Gasteiger partial charge in [-0.25, -0.2) is 4.98 Å². The van der Waals surface area contributed by atoms with Gasteiger partial charge in [0.25, 0.3) is 11.5 Å². The van der Waals surface area contributed by atoms with Gasteiger partial charge in [-0.3, -0.25) is 9.59 Å². The van der Waals surface area contributed by atoms with E-state index < -0.39 is 0 Å². The third-order valence-electron chi connectivity index (χ3n) is 3.33. The molecule has 104 valence electrons. The molecule has 0 aromatic carbocycles. The van der Waals surface area contributed by atoms with Crippen LogP contribution >= 0.6 is 11.3 Å². The highest BCUT2D eigenvalue weighted by atomic mass is 32.1. The molecule has 0 radical (unpaired) electrons. The molecule has 2 aromatic rings. The zero-order valence-electron chi connectivity index (χ0n) is 10.9. The molecule has 5 nitrogen and oxygen atoms in total. The van der Waals surface area contributed by atoms with Crippen LogP contribution in [0, 0.1) is 0 Å². The van der Waals surface area contributed by atoms with Crippen LogP contribution in [0.1, 0.15) is 32.4 Å². The van der Waals surface area contributed by atoms with Crippen LogP contribution in [0.5, 0.6) is 0 Å². The Hall–Kier alpha value is -1.95. The van der Waals surface area contributed by atoms with Gasteiger partial charge >= 0.3 is 0 Å². The average Bonchev–Trinajstić information content (AvgIpc) is 3.00. The zero-order chi connectivity index (χ0) is 13.9. The monoisotopic (exact) mass is 289 g/mol. The van der Waals surface area contributed by atoms with Crippen molar-refractivity contribution in [2.75, 3.05) is 6.54 Å². The summed E-state index contributed by atoms with van der Waals surface area (Å²) in [4.78, 5) is 31.8. The standard InChI is InChI=1S/C14H15N3O2S/c18-13-9(3-2-7-15-13)14(19)16-8-6-12-17-10-4-1-5-11(10)20-12/h2-3,7H,1,4-6,8H2,(H,15,18)(H,16,19). The third-order valence-corrected chi connectivity index (χ3v) is 4.54. The summed E-state index contributed by atoms with van der Waals surface area (Å²) in [5.41, 5.74) is 1.02. The molecule has 2 N–H and O–H groups in total. The van der Waals surface area contributed by atoms with Crippen molar-refractivity contribution in [3.8, 4) is 0 Å². The van der Waals surface area contributed by atoms with Crippen LogP contribution in [-0.2, 0) is 19.3 Å². The van der Waals surface area contributed by atoms with Gasteiger partial charge in [-0.1, -0.05) is 0 Å². The maximum absolute atomic E-state index is 11.8. The molecule has 20 heavy (non-hydrogen) atoms. The molecule has 0 bridgehead atoms. The lowest BCUT2D eigenvalue weighted by atomic mass is 10.2. The Kier molecular flexibility index (Phi) is 3.64. The van der Waals surface area contributed by atoms with Crippen molar-refractivity contribution in [1.29, 1.82) is 0 Å². The normalized spacial score (nSPS) is 13.2. The molecule has 0 spiro atoms. The molecule has 3 rings (SSSR count). The number of H-pyrrole nitrogens is 1. The largest absolute Gasteiger partial charge is 0.351 e. The molecule has 2 heterocycles. The summed E-state index contributed by atoms with van der Waals surface area (Å²) >= 11 is 1.74. The Morgan fingerprint density at radius 3 is 3.15 bits per heavy atom. The molecule has 0 atom stereocenters. The highest BCUT2D eigenvalue weighted by Gasteiger charge is 2.16. The van der Waals surface area contributed by atoms with E-state index in [4.69, 9.17) is 0 Å². The number of fused-ring (bicyclic) bond motifs is 1. The van der Waals surface area contributed by atoms with Gasteiger partial charge in [-0.15, -0.1) is 11.3 Å². The number of aromatic nitrogens is 2. The summed E-state index contributed by atoms with van der Waals surface area (Å²) in [5, 5.41) is 3.83. The second kappa shape index (κ2) is 5.58. The number of aryl methyl sites for hydroxylation is 2. The van der Waals surface area contributed by atoms with Crippen molar-refractivity contribution in [2.45, 2.75) is 25.7 Å². The number of rotatable bonds is 4. The molecule has 0 fully saturated rings. The van der Waals surface area contributed by atoms with E-state index in [-0.39, 0.29) is 17.0 Å². The fraction of sp³-hybridized carbons (Fsp3) is 0.357. The summed E-state index contributed by atoms with van der Waals surface area (Å²) in [5.74, 6) is -0.337. The van der Waals surface area contributed by atoms with Crippen molar-refractivity contribution in [2.24, 2.45) is 0 Å². The maximum atomic E-state index is 11.8. The van der Waals surface area contributed by atoms with Crippen LogP contribution < -0.4 is 10.9 Å². The molecule has 0 saturated heterocycles. The molecule has 0 saturated carbocycles. The van der Waals surface area contributed by atoms with E-state index in [0.717, 1.165) is 17.8 Å². The van der Waals surface area contributed by atoms with Crippen molar-refractivity contribution in [3.63, 3.8) is 0 Å². The predicted octanol–water partition coefficient (Wildman–Crippen LogP) is 1.29. The number of thiazole rings is 1. The summed E-state index contributed by atoms with van der Waals surface area (Å²) < 4.78 is 0. The number of pyridine rings is 1. The van der Waals surface area contributed by atoms with Crippen LogP contribution in [0.25, 0.3) is 0 Å². The molecule has 0 aliphatic heterocycles. The number of carbonyl (C=O) groups is 1. The number of nitrogens with one attached hydrogen (secondary N) is 2. The molecule has 1 aliphatic rings. The van der Waals surface area contributed by atoms with E-state index in [9.17, 15) is 9.59 Å². The Morgan fingerprint density at radius 2 is 2.35 bits per heavy atom. The van der Waals surface area contributed by atoms with E-state index >= 15 is 0 Å². The van der Waals surface area contributed by atoms with Gasteiger partial charge < -0.3 is 10.3 Å². The van der Waals surface area contributed by atoms with Gasteiger partial charge in [0.05, 0.1) is 10.7 Å². The zero-order valence-corrected chi connectivity index (χ0v) is 11.8. The topological polar surface area (TPSA) is 74.8 Å². The lowest BCUT2D eigenvalue weighted by Crippen LogP contribution is -2.30. The van der Waals surface area contributed by atoms with E-state index in [1.165, 1.54) is 29.3 Å². The van der Waals surface area contributed by atoms with E-state index in [1.807, 2.05) is 0 Å². The van der Waals surface area contributed by atoms with Crippen molar-refractivity contribution in [1.82, 2.24) is 15.3 Å². The molecule has 2 aromatic heterocycles. The van der Waals surface area contributed by atoms with Crippen molar-refractivity contribution >= 4 is 17.2 Å². The average molecular weight is 289 g/mol. The van der Waals surface area contributed by atoms with Gasteiger partial charge in [0.1, 0.15) is 5.56 Å². The second-order valence-corrected chi connectivity index (χ2v) is 5.92. The maximum Gasteiger partial charge on any atom is 0.260 e. The highest BCUT2D eigenvalue weighted by molar-refractivity contribution is 7.11. The van der Waals surface area contributed by atoms with Crippen LogP contribution in [0.3, 0.4) is 0 Å². The Morgan fingerprint density at radius 1 is 1.45 bits per heavy atom. The first-order chi connectivity index (χ1) is 9.74. The first-order valence-corrected chi connectivity index (χ1v) is 7.49. The lowest BCUT2D eigenvalue weighted by molar-refractivity contribution is 0.0952. The number of carbonyl (C=O) groups excluding carboxylic acids is 1. The van der Waals surface area contributed by atoms with Gasteiger partial charge in [0, 0.05) is 24.0 Å². The van der Waals surface area contributed by atoms with Gasteiger partial charge in [-0.05, 0) is 31.4 Å². The number of aromatic amines is 1. The van der Waals surface area contributed by atoms with Crippen LogP contribution in [0.4, 0.5) is 0 Å². The first-order valence-electron chi connectivity index (χ1n) is 6.67. The minimum atomic E-state index is -0.363. The summed E-state index contributed by atoms with van der Waals surface area (Å²) in [7, 11) is 0. The second-order valence-electron chi connectivity index (χ2n) is 4.75. The van der Waals surface area contributed by atoms with E-state index in [1.54, 1.807) is 17.4 Å². The molecular weight excluding hydrogens is 274 g/mol. The van der Waals surface area contributed by atoms with Crippen LogP contribution in [-0.4, -0.2) is 22.4 Å². The molecule has 1 aliphatic carbocycles. The van der Waals surface area contributed by atoms with Gasteiger partial charge in [0.15, 0.2) is 0 Å². The fourth-order valence-electron chi connectivity index (χ4n) is 2.33. The van der Waals surface area contributed by atoms with Crippen LogP contribution in [0.15, 0.2) is 23.1 Å². The fourth-order valence-corrected chi connectivity index (χ4v) is 3.49. The molecular formula is C14H15N3O2S. The Labute approximate surface area is 120 Å². The quantitative estimate of drug-likeness (QED) is 0.890. The smallest absolute Gasteiger partial charge is 0.260 e. The van der Waals surface area contributed by atoms with E-state index in [0.29, 0.717) is 13.0 Å². The predicted molar refractivity (Wildman–Crippen MR) is 77.2 cm³/mol. The highest BCUT2D eigenvalue weighted by Crippen LogP contribution is 2.27. The van der Waals surface area contributed by atoms with Crippen molar-refractivity contribution in [3.05, 3.63) is 49.8 Å². The molecule has 1 amide bonds. The third kappa shape index (κ3) is 2.65. The van der Waals surface area contributed by atoms with Gasteiger partial charge in [-0.2, -0.15) is 0 Å². The summed E-state index contributed by atoms with van der Waals surface area (Å²) in [6.07, 6.45) is 5.66. The van der Waals surface area contributed by atoms with E-state index in [2.05, 4.69) is 15.3 Å². The minimum Gasteiger partial charge on any atom is -0.351 e. The first kappa shape index (κ1) is 13.1. The number of amides is 1. The molecule has 0 unspecified atom stereocenters. The lowest BCUT2D eigenvalue weighted by Gasteiger charge is -2.02. The Balaban J connectivity index is 1.56. The van der Waals surface area contributed by atoms with Crippen LogP contribution in [0.2, 0.25) is 0 Å². The number of hydrogen-bond donors (Lipinski definition) is 2. The Bertz CT molecular complexity index is 668. The summed E-state index contributed by atoms with van der Waals surface area (Å²) in [6, 6.07) is 3.16. The van der Waals surface area contributed by atoms with Gasteiger partial charge in [0.2, 0.25) is 0 Å². The SMILES string of the molecule is O=C(NCCc1nc2c(s1)CCC2)c1ccc[nH]c1=O.